The first-order valence-corrected chi connectivity index (χ1v) is 16.8. The average molecular weight is 610 g/mol. The topological polar surface area (TPSA) is 113 Å². The first-order chi connectivity index (χ1) is 19.4. The van der Waals surface area contributed by atoms with Gasteiger partial charge in [-0.25, -0.2) is 16.8 Å². The average Bonchev–Trinajstić information content (AvgIpc) is 2.94. The van der Waals surface area contributed by atoms with Crippen molar-refractivity contribution in [2.75, 3.05) is 27.1 Å². The van der Waals surface area contributed by atoms with E-state index in [0.717, 1.165) is 25.9 Å². The molecule has 1 amide bonds. The summed E-state index contributed by atoms with van der Waals surface area (Å²) < 4.78 is 56.6. The van der Waals surface area contributed by atoms with Gasteiger partial charge >= 0.3 is 0 Å². The molecule has 2 N–H and O–H groups in total. The zero-order valence-electron chi connectivity index (χ0n) is 23.1. The summed E-state index contributed by atoms with van der Waals surface area (Å²) in [6.45, 7) is 5.25. The molecule has 0 aromatic heterocycles. The normalized spacial score (nSPS) is 11.6. The number of thioether (sulfide) groups is 1. The van der Waals surface area contributed by atoms with Crippen LogP contribution in [0.3, 0.4) is 0 Å². The lowest BCUT2D eigenvalue weighted by Gasteiger charge is -2.24. The fraction of sp³-hybridized carbons (Fsp3) is 0.167. The van der Waals surface area contributed by atoms with Crippen LogP contribution in [-0.4, -0.2) is 35.5 Å². The number of hydrogen-bond acceptors (Lipinski definition) is 6. The lowest BCUT2D eigenvalue weighted by molar-refractivity contribution is -0.114. The molecule has 0 aliphatic heterocycles. The van der Waals surface area contributed by atoms with E-state index in [9.17, 15) is 21.6 Å². The van der Waals surface area contributed by atoms with Crippen molar-refractivity contribution in [3.63, 3.8) is 0 Å². The number of aryl methyl sites for hydroxylation is 3. The van der Waals surface area contributed by atoms with Gasteiger partial charge in [-0.2, -0.15) is 0 Å². The van der Waals surface area contributed by atoms with Crippen LogP contribution >= 0.6 is 11.8 Å². The van der Waals surface area contributed by atoms with E-state index in [1.807, 2.05) is 33.1 Å². The predicted octanol–water partition coefficient (Wildman–Crippen LogP) is 5.97. The molecule has 0 fully saturated rings. The Bertz CT molecular complexity index is 1750. The highest BCUT2D eigenvalue weighted by atomic mass is 32.2. The van der Waals surface area contributed by atoms with Crippen LogP contribution in [0.1, 0.15) is 16.7 Å². The highest BCUT2D eigenvalue weighted by molar-refractivity contribution is 7.98. The Labute approximate surface area is 245 Å². The van der Waals surface area contributed by atoms with Crippen LogP contribution in [-0.2, 0) is 24.8 Å². The van der Waals surface area contributed by atoms with Crippen molar-refractivity contribution >= 4 is 54.8 Å². The smallest absolute Gasteiger partial charge is 0.264 e. The molecular weight excluding hydrogens is 579 g/mol. The number of rotatable bonds is 10. The van der Waals surface area contributed by atoms with Gasteiger partial charge in [0, 0.05) is 16.3 Å². The van der Waals surface area contributed by atoms with E-state index < -0.39 is 32.5 Å². The van der Waals surface area contributed by atoms with Crippen molar-refractivity contribution in [2.24, 2.45) is 0 Å². The fourth-order valence-electron chi connectivity index (χ4n) is 3.97. The van der Waals surface area contributed by atoms with Gasteiger partial charge in [0.1, 0.15) is 6.54 Å². The summed E-state index contributed by atoms with van der Waals surface area (Å²) in [5, 5.41) is 2.67. The SMILES string of the molecule is CSc1ccc(S(=O)(=O)N(CC(=O)Nc2ccc(S(=O)(=O)Nc3ccc(C)c(C)c3)cc2)c2ccc(C)cc2)cc1. The molecule has 0 atom stereocenters. The molecule has 4 aromatic carbocycles. The summed E-state index contributed by atoms with van der Waals surface area (Å²) in [4.78, 5) is 14.1. The molecule has 8 nitrogen and oxygen atoms in total. The van der Waals surface area contributed by atoms with Gasteiger partial charge in [0.25, 0.3) is 20.0 Å². The van der Waals surface area contributed by atoms with E-state index in [-0.39, 0.29) is 9.79 Å². The number of nitrogens with zero attached hydrogens (tertiary/aromatic N) is 1. The van der Waals surface area contributed by atoms with Crippen LogP contribution in [0.4, 0.5) is 17.1 Å². The number of sulfonamides is 2. The number of nitrogens with one attached hydrogen (secondary N) is 2. The predicted molar refractivity (Wildman–Crippen MR) is 166 cm³/mol. The minimum atomic E-state index is -4.07. The summed E-state index contributed by atoms with van der Waals surface area (Å²) in [7, 11) is -7.92. The number of benzene rings is 4. The quantitative estimate of drug-likeness (QED) is 0.214. The van der Waals surface area contributed by atoms with Crippen molar-refractivity contribution in [3.05, 3.63) is 108 Å². The van der Waals surface area contributed by atoms with Crippen LogP contribution in [0.15, 0.2) is 106 Å². The molecule has 4 rings (SSSR count). The van der Waals surface area contributed by atoms with Gasteiger partial charge in [-0.1, -0.05) is 23.8 Å². The number of amides is 1. The van der Waals surface area contributed by atoms with Gasteiger partial charge in [-0.05, 0) is 111 Å². The standard InChI is InChI=1S/C30H31N3O5S3/c1-21-5-11-26(12-6-21)33(41(37,38)29-17-13-27(39-4)14-18-29)20-30(34)31-24-9-15-28(16-10-24)40(35,36)32-25-8-7-22(2)23(3)19-25/h5-19,32H,20H2,1-4H3,(H,31,34). The van der Waals surface area contributed by atoms with Crippen LogP contribution in [0.25, 0.3) is 0 Å². The van der Waals surface area contributed by atoms with E-state index in [1.165, 1.54) is 48.2 Å². The first kappa shape index (κ1) is 30.2. The van der Waals surface area contributed by atoms with Crippen molar-refractivity contribution in [3.8, 4) is 0 Å². The third kappa shape index (κ3) is 7.29. The molecule has 41 heavy (non-hydrogen) atoms. The number of carbonyl (C=O) groups is 1. The highest BCUT2D eigenvalue weighted by Crippen LogP contribution is 2.26. The molecule has 0 unspecified atom stereocenters. The molecule has 0 aliphatic carbocycles. The molecule has 0 bridgehead atoms. The molecule has 214 valence electrons. The number of anilines is 3. The summed E-state index contributed by atoms with van der Waals surface area (Å²) in [5.74, 6) is -0.584. The van der Waals surface area contributed by atoms with Crippen LogP contribution in [0.5, 0.6) is 0 Å². The van der Waals surface area contributed by atoms with Crippen LogP contribution in [0, 0.1) is 20.8 Å². The Hall–Kier alpha value is -3.80. The fourth-order valence-corrected chi connectivity index (χ4v) is 6.85. The van der Waals surface area contributed by atoms with Crippen molar-refractivity contribution in [1.29, 1.82) is 0 Å². The van der Waals surface area contributed by atoms with Crippen LogP contribution < -0.4 is 14.3 Å². The van der Waals surface area contributed by atoms with Crippen molar-refractivity contribution in [2.45, 2.75) is 35.5 Å². The monoisotopic (exact) mass is 609 g/mol. The Morgan fingerprint density at radius 1 is 0.732 bits per heavy atom. The van der Waals surface area contributed by atoms with E-state index in [0.29, 0.717) is 17.1 Å². The van der Waals surface area contributed by atoms with Gasteiger partial charge < -0.3 is 5.32 Å². The molecular formula is C30H31N3O5S3. The molecule has 4 aromatic rings. The third-order valence-electron chi connectivity index (χ3n) is 6.46. The minimum absolute atomic E-state index is 0.0197. The lowest BCUT2D eigenvalue weighted by Crippen LogP contribution is -2.38. The Balaban J connectivity index is 1.52. The van der Waals surface area contributed by atoms with E-state index in [2.05, 4.69) is 10.0 Å². The Morgan fingerprint density at radius 2 is 1.32 bits per heavy atom. The number of carbonyl (C=O) groups excluding carboxylic acids is 1. The Kier molecular flexibility index (Phi) is 9.11. The molecule has 0 spiro atoms. The van der Waals surface area contributed by atoms with Crippen molar-refractivity contribution < 1.29 is 21.6 Å². The first-order valence-electron chi connectivity index (χ1n) is 12.6. The molecule has 0 aliphatic rings. The van der Waals surface area contributed by atoms with E-state index >= 15 is 0 Å². The molecule has 11 heteroatoms. The maximum absolute atomic E-state index is 13.6. The van der Waals surface area contributed by atoms with Gasteiger partial charge in [0.15, 0.2) is 0 Å². The summed E-state index contributed by atoms with van der Waals surface area (Å²) in [5.41, 5.74) is 4.08. The maximum atomic E-state index is 13.6. The lowest BCUT2D eigenvalue weighted by atomic mass is 10.1. The molecule has 0 saturated carbocycles. The maximum Gasteiger partial charge on any atom is 0.264 e. The van der Waals surface area contributed by atoms with E-state index in [4.69, 9.17) is 0 Å². The minimum Gasteiger partial charge on any atom is -0.325 e. The second-order valence-electron chi connectivity index (χ2n) is 9.50. The molecule has 0 heterocycles. The molecule has 0 radical (unpaired) electrons. The van der Waals surface area contributed by atoms with E-state index in [1.54, 1.807) is 48.5 Å². The zero-order chi connectivity index (χ0) is 29.8. The summed E-state index contributed by atoms with van der Waals surface area (Å²) in [6.07, 6.45) is 1.90. The summed E-state index contributed by atoms with van der Waals surface area (Å²) in [6, 6.07) is 24.3. The van der Waals surface area contributed by atoms with Gasteiger partial charge in [-0.15, -0.1) is 11.8 Å². The second-order valence-corrected chi connectivity index (χ2v) is 13.9. The Morgan fingerprint density at radius 3 is 1.90 bits per heavy atom. The van der Waals surface area contributed by atoms with Gasteiger partial charge in [0.2, 0.25) is 5.91 Å². The summed E-state index contributed by atoms with van der Waals surface area (Å²) >= 11 is 1.50. The molecule has 0 saturated heterocycles. The largest absolute Gasteiger partial charge is 0.325 e. The number of hydrogen-bond donors (Lipinski definition) is 2. The van der Waals surface area contributed by atoms with Crippen LogP contribution in [0.2, 0.25) is 0 Å². The second kappa shape index (κ2) is 12.4. The zero-order valence-corrected chi connectivity index (χ0v) is 25.5. The third-order valence-corrected chi connectivity index (χ3v) is 10.4. The van der Waals surface area contributed by atoms with Gasteiger partial charge in [0.05, 0.1) is 15.5 Å². The van der Waals surface area contributed by atoms with Crippen molar-refractivity contribution in [1.82, 2.24) is 0 Å². The highest BCUT2D eigenvalue weighted by Gasteiger charge is 2.27. The van der Waals surface area contributed by atoms with Gasteiger partial charge in [-0.3, -0.25) is 13.8 Å².